The number of rotatable bonds is 4. The van der Waals surface area contributed by atoms with Crippen LogP contribution in [0.2, 0.25) is 0 Å². The number of carbonyl (C=O) groups excluding carboxylic acids is 1. The zero-order valence-electron chi connectivity index (χ0n) is 13.1. The van der Waals surface area contributed by atoms with Crippen LogP contribution in [0.25, 0.3) is 0 Å². The zero-order chi connectivity index (χ0) is 15.1. The minimum Gasteiger partial charge on any atom is -0.497 e. The molecule has 0 aromatic heterocycles. The van der Waals surface area contributed by atoms with Crippen molar-refractivity contribution in [2.45, 2.75) is 45.1 Å². The molecule has 21 heavy (non-hydrogen) atoms. The maximum absolute atomic E-state index is 12.4. The maximum Gasteiger partial charge on any atom is 0.241 e. The Morgan fingerprint density at radius 3 is 2.52 bits per heavy atom. The van der Waals surface area contributed by atoms with E-state index in [0.29, 0.717) is 0 Å². The van der Waals surface area contributed by atoms with Crippen LogP contribution in [0.3, 0.4) is 0 Å². The highest BCUT2D eigenvalue weighted by molar-refractivity contribution is 5.94. The predicted molar refractivity (Wildman–Crippen MR) is 85.7 cm³/mol. The van der Waals surface area contributed by atoms with Gasteiger partial charge in [0.2, 0.25) is 5.91 Å². The number of ether oxygens (including phenoxy) is 1. The van der Waals surface area contributed by atoms with E-state index in [1.807, 2.05) is 31.2 Å². The summed E-state index contributed by atoms with van der Waals surface area (Å²) in [4.78, 5) is 14.7. The van der Waals surface area contributed by atoms with Gasteiger partial charge in [-0.05, 0) is 45.0 Å². The Bertz CT molecular complexity index is 454. The van der Waals surface area contributed by atoms with Crippen LogP contribution in [0.4, 0.5) is 5.69 Å². The van der Waals surface area contributed by atoms with Gasteiger partial charge in [0.15, 0.2) is 0 Å². The van der Waals surface area contributed by atoms with Crippen LogP contribution in [0.5, 0.6) is 5.75 Å². The highest BCUT2D eigenvalue weighted by atomic mass is 16.5. The number of benzene rings is 1. The first-order chi connectivity index (χ1) is 10.2. The second kappa shape index (κ2) is 8.03. The van der Waals surface area contributed by atoms with Gasteiger partial charge in [-0.15, -0.1) is 0 Å². The Hall–Kier alpha value is -1.55. The monoisotopic (exact) mass is 290 g/mol. The third-order valence-corrected chi connectivity index (χ3v) is 4.16. The smallest absolute Gasteiger partial charge is 0.241 e. The minimum atomic E-state index is -0.0886. The van der Waals surface area contributed by atoms with Gasteiger partial charge in [0, 0.05) is 11.8 Å². The molecule has 0 radical (unpaired) electrons. The fraction of sp³-hybridized carbons (Fsp3) is 0.588. The average Bonchev–Trinajstić information content (AvgIpc) is 2.46. The highest BCUT2D eigenvalue weighted by Crippen LogP contribution is 2.18. The van der Waals surface area contributed by atoms with Crippen molar-refractivity contribution < 1.29 is 9.53 Å². The van der Waals surface area contributed by atoms with Gasteiger partial charge in [-0.25, -0.2) is 0 Å². The summed E-state index contributed by atoms with van der Waals surface area (Å²) in [5.41, 5.74) is 0.790. The van der Waals surface area contributed by atoms with E-state index in [0.717, 1.165) is 24.5 Å². The highest BCUT2D eigenvalue weighted by Gasteiger charge is 2.21. The number of nitrogens with one attached hydrogen (secondary N) is 1. The number of likely N-dealkylation sites (tertiary alicyclic amines) is 1. The number of amides is 1. The number of anilines is 1. The summed E-state index contributed by atoms with van der Waals surface area (Å²) in [6.07, 6.45) is 6.27. The van der Waals surface area contributed by atoms with Gasteiger partial charge in [-0.3, -0.25) is 9.69 Å². The molecule has 1 atom stereocenters. The zero-order valence-corrected chi connectivity index (χ0v) is 13.1. The lowest BCUT2D eigenvalue weighted by Crippen LogP contribution is -2.43. The van der Waals surface area contributed by atoms with Crippen LogP contribution in [0.1, 0.15) is 39.0 Å². The van der Waals surface area contributed by atoms with E-state index in [1.165, 1.54) is 32.1 Å². The van der Waals surface area contributed by atoms with Crippen molar-refractivity contribution in [1.82, 2.24) is 4.90 Å². The normalized spacial score (nSPS) is 18.4. The SMILES string of the molecule is COc1cccc(NC(=O)[C@@H](C)N2CCCCCCC2)c1. The molecule has 0 aliphatic carbocycles. The number of carbonyl (C=O) groups is 1. The second-order valence-electron chi connectivity index (χ2n) is 5.70. The molecule has 1 amide bonds. The van der Waals surface area contributed by atoms with Gasteiger partial charge >= 0.3 is 0 Å². The molecular weight excluding hydrogens is 264 g/mol. The molecule has 0 unspecified atom stereocenters. The molecule has 1 fully saturated rings. The Labute approximate surface area is 127 Å². The van der Waals surface area contributed by atoms with Crippen molar-refractivity contribution >= 4 is 11.6 Å². The molecule has 1 aliphatic heterocycles. The van der Waals surface area contributed by atoms with Gasteiger partial charge < -0.3 is 10.1 Å². The minimum absolute atomic E-state index is 0.0591. The van der Waals surface area contributed by atoms with Crippen molar-refractivity contribution in [3.8, 4) is 5.75 Å². The van der Waals surface area contributed by atoms with Crippen molar-refractivity contribution in [3.63, 3.8) is 0 Å². The van der Waals surface area contributed by atoms with Crippen LogP contribution in [-0.2, 0) is 4.79 Å². The van der Waals surface area contributed by atoms with Crippen molar-refractivity contribution in [1.29, 1.82) is 0 Å². The van der Waals surface area contributed by atoms with Crippen LogP contribution >= 0.6 is 0 Å². The molecule has 1 N–H and O–H groups in total. The number of hydrogen-bond acceptors (Lipinski definition) is 3. The molecule has 1 aromatic carbocycles. The largest absolute Gasteiger partial charge is 0.497 e. The molecule has 1 aromatic rings. The number of methoxy groups -OCH3 is 1. The molecule has 4 heteroatoms. The first-order valence-electron chi connectivity index (χ1n) is 7.89. The fourth-order valence-electron chi connectivity index (χ4n) is 2.77. The van der Waals surface area contributed by atoms with E-state index in [-0.39, 0.29) is 11.9 Å². The second-order valence-corrected chi connectivity index (χ2v) is 5.70. The predicted octanol–water partition coefficient (Wildman–Crippen LogP) is 3.29. The fourth-order valence-corrected chi connectivity index (χ4v) is 2.77. The topological polar surface area (TPSA) is 41.6 Å². The molecule has 2 rings (SSSR count). The summed E-state index contributed by atoms with van der Waals surface area (Å²) in [6.45, 7) is 4.04. The Morgan fingerprint density at radius 2 is 1.86 bits per heavy atom. The van der Waals surface area contributed by atoms with Crippen molar-refractivity contribution in [2.75, 3.05) is 25.5 Å². The standard InChI is InChI=1S/C17H26N2O2/c1-14(19-11-6-4-3-5-7-12-19)17(20)18-15-9-8-10-16(13-15)21-2/h8-10,13-14H,3-7,11-12H2,1-2H3,(H,18,20)/t14-/m1/s1. The van der Waals surface area contributed by atoms with E-state index in [2.05, 4.69) is 10.2 Å². The van der Waals surface area contributed by atoms with Crippen LogP contribution < -0.4 is 10.1 Å². The quantitative estimate of drug-likeness (QED) is 0.925. The van der Waals surface area contributed by atoms with Gasteiger partial charge in [-0.1, -0.05) is 25.3 Å². The molecule has 4 nitrogen and oxygen atoms in total. The van der Waals surface area contributed by atoms with E-state index in [1.54, 1.807) is 7.11 Å². The third-order valence-electron chi connectivity index (χ3n) is 4.16. The third kappa shape index (κ3) is 4.74. The average molecular weight is 290 g/mol. The van der Waals surface area contributed by atoms with Crippen molar-refractivity contribution in [2.24, 2.45) is 0 Å². The molecule has 1 aliphatic rings. The van der Waals surface area contributed by atoms with E-state index < -0.39 is 0 Å². The van der Waals surface area contributed by atoms with E-state index >= 15 is 0 Å². The number of nitrogens with zero attached hydrogens (tertiary/aromatic N) is 1. The van der Waals surface area contributed by atoms with E-state index in [4.69, 9.17) is 4.74 Å². The molecular formula is C17H26N2O2. The van der Waals surface area contributed by atoms with Gasteiger partial charge in [0.05, 0.1) is 13.2 Å². The summed E-state index contributed by atoms with van der Waals surface area (Å²) in [7, 11) is 1.63. The summed E-state index contributed by atoms with van der Waals surface area (Å²) < 4.78 is 5.18. The lowest BCUT2D eigenvalue weighted by atomic mass is 10.1. The molecule has 0 bridgehead atoms. The first-order valence-corrected chi connectivity index (χ1v) is 7.89. The Balaban J connectivity index is 1.94. The van der Waals surface area contributed by atoms with Gasteiger partial charge in [0.25, 0.3) is 0 Å². The lowest BCUT2D eigenvalue weighted by Gasteiger charge is -2.29. The van der Waals surface area contributed by atoms with Gasteiger partial charge in [-0.2, -0.15) is 0 Å². The molecule has 116 valence electrons. The van der Waals surface area contributed by atoms with Gasteiger partial charge in [0.1, 0.15) is 5.75 Å². The lowest BCUT2D eigenvalue weighted by molar-refractivity contribution is -0.120. The van der Waals surface area contributed by atoms with Crippen LogP contribution in [0.15, 0.2) is 24.3 Å². The molecule has 0 spiro atoms. The summed E-state index contributed by atoms with van der Waals surface area (Å²) in [6, 6.07) is 7.40. The summed E-state index contributed by atoms with van der Waals surface area (Å²) in [5.74, 6) is 0.815. The van der Waals surface area contributed by atoms with Crippen LogP contribution in [0, 0.1) is 0 Å². The van der Waals surface area contributed by atoms with Crippen molar-refractivity contribution in [3.05, 3.63) is 24.3 Å². The molecule has 1 saturated heterocycles. The summed E-state index contributed by atoms with van der Waals surface area (Å²) in [5, 5.41) is 2.99. The summed E-state index contributed by atoms with van der Waals surface area (Å²) >= 11 is 0. The Kier molecular flexibility index (Phi) is 6.05. The van der Waals surface area contributed by atoms with E-state index in [9.17, 15) is 4.79 Å². The van der Waals surface area contributed by atoms with Crippen LogP contribution in [-0.4, -0.2) is 37.0 Å². The molecule has 0 saturated carbocycles. The first kappa shape index (κ1) is 15.8. The Morgan fingerprint density at radius 1 is 1.19 bits per heavy atom. The maximum atomic E-state index is 12.4. The molecule has 1 heterocycles. The number of hydrogen-bond donors (Lipinski definition) is 1.